The van der Waals surface area contributed by atoms with Crippen LogP contribution in [0, 0.1) is 0 Å². The number of hydrogen-bond acceptors (Lipinski definition) is 4. The van der Waals surface area contributed by atoms with Gasteiger partial charge >= 0.3 is 12.1 Å². The lowest BCUT2D eigenvalue weighted by atomic mass is 10.1. The molecule has 0 bridgehead atoms. The number of halogens is 3. The number of carbonyl (C=O) groups is 2. The monoisotopic (exact) mass is 316 g/mol. The van der Waals surface area contributed by atoms with Crippen LogP contribution in [0.1, 0.15) is 10.4 Å². The van der Waals surface area contributed by atoms with Crippen LogP contribution in [0.3, 0.4) is 0 Å². The van der Waals surface area contributed by atoms with Crippen LogP contribution < -0.4 is 10.2 Å². The molecule has 2 rings (SSSR count). The third-order valence-corrected chi connectivity index (χ3v) is 3.23. The summed E-state index contributed by atoms with van der Waals surface area (Å²) in [5.41, 5.74) is 1.17. The number of nitrogens with zero attached hydrogens (tertiary/aromatic N) is 1. The molecule has 0 radical (unpaired) electrons. The molecular formula is C14H15F3N2O3. The third kappa shape index (κ3) is 4.20. The van der Waals surface area contributed by atoms with Crippen molar-refractivity contribution in [3.05, 3.63) is 29.8 Å². The molecule has 1 amide bonds. The molecule has 1 aromatic carbocycles. The minimum absolute atomic E-state index is 0.250. The number of rotatable bonds is 4. The van der Waals surface area contributed by atoms with Crippen molar-refractivity contribution < 1.29 is 27.5 Å². The van der Waals surface area contributed by atoms with Crippen molar-refractivity contribution in [2.45, 2.75) is 6.18 Å². The van der Waals surface area contributed by atoms with Gasteiger partial charge in [-0.2, -0.15) is 13.2 Å². The Kier molecular flexibility index (Phi) is 5.02. The summed E-state index contributed by atoms with van der Waals surface area (Å²) in [7, 11) is 0. The highest BCUT2D eigenvalue weighted by Crippen LogP contribution is 2.17. The van der Waals surface area contributed by atoms with E-state index >= 15 is 0 Å². The SMILES string of the molecule is O=C(CNC(=O)C(F)(F)F)c1ccc(N2CCOCC2)cc1. The van der Waals surface area contributed by atoms with Gasteiger partial charge in [-0.1, -0.05) is 0 Å². The van der Waals surface area contributed by atoms with Crippen molar-refractivity contribution in [3.8, 4) is 0 Å². The maximum absolute atomic E-state index is 12.0. The van der Waals surface area contributed by atoms with Gasteiger partial charge in [-0.15, -0.1) is 0 Å². The summed E-state index contributed by atoms with van der Waals surface area (Å²) in [5.74, 6) is -2.70. The van der Waals surface area contributed by atoms with Crippen LogP contribution in [0.25, 0.3) is 0 Å². The number of alkyl halides is 3. The number of morpholine rings is 1. The van der Waals surface area contributed by atoms with Crippen LogP contribution in [0.2, 0.25) is 0 Å². The van der Waals surface area contributed by atoms with Gasteiger partial charge in [0.1, 0.15) is 0 Å². The highest BCUT2D eigenvalue weighted by atomic mass is 19.4. The van der Waals surface area contributed by atoms with E-state index in [1.165, 1.54) is 12.1 Å². The maximum Gasteiger partial charge on any atom is 0.471 e. The second kappa shape index (κ2) is 6.78. The Bertz CT molecular complexity index is 537. The standard InChI is InChI=1S/C14H15F3N2O3/c15-14(16,17)13(21)18-9-12(20)10-1-3-11(4-2-10)19-5-7-22-8-6-19/h1-4H,5-9H2,(H,18,21). The Hall–Kier alpha value is -2.09. The van der Waals surface area contributed by atoms with E-state index in [1.807, 2.05) is 0 Å². The van der Waals surface area contributed by atoms with E-state index in [9.17, 15) is 22.8 Å². The van der Waals surface area contributed by atoms with Crippen LogP contribution in [-0.4, -0.2) is 50.7 Å². The highest BCUT2D eigenvalue weighted by molar-refractivity contribution is 6.00. The number of Topliss-reactive ketones (excluding diaryl/α,β-unsaturated/α-hetero) is 1. The van der Waals surface area contributed by atoms with Crippen LogP contribution in [-0.2, 0) is 9.53 Å². The molecule has 0 saturated carbocycles. The van der Waals surface area contributed by atoms with Crippen molar-refractivity contribution in [1.82, 2.24) is 5.32 Å². The van der Waals surface area contributed by atoms with E-state index in [-0.39, 0.29) is 5.56 Å². The molecule has 120 valence electrons. The van der Waals surface area contributed by atoms with Crippen molar-refractivity contribution >= 4 is 17.4 Å². The molecule has 1 N–H and O–H groups in total. The van der Waals surface area contributed by atoms with Crippen LogP contribution in [0.4, 0.5) is 18.9 Å². The minimum atomic E-state index is -4.99. The second-order valence-electron chi connectivity index (χ2n) is 4.75. The molecule has 8 heteroatoms. The first-order chi connectivity index (χ1) is 10.4. The normalized spacial score (nSPS) is 15.5. The predicted molar refractivity (Wildman–Crippen MR) is 72.9 cm³/mol. The number of nitrogens with one attached hydrogen (secondary N) is 1. The molecule has 1 saturated heterocycles. The molecule has 0 aromatic heterocycles. The first kappa shape index (κ1) is 16.3. The van der Waals surface area contributed by atoms with E-state index in [0.29, 0.717) is 13.2 Å². The van der Waals surface area contributed by atoms with E-state index in [2.05, 4.69) is 4.90 Å². The summed E-state index contributed by atoms with van der Waals surface area (Å²) < 4.78 is 41.3. The summed E-state index contributed by atoms with van der Waals surface area (Å²) in [5, 5.41) is 1.56. The number of hydrogen-bond donors (Lipinski definition) is 1. The Labute approximate surface area is 125 Å². The highest BCUT2D eigenvalue weighted by Gasteiger charge is 2.38. The van der Waals surface area contributed by atoms with Gasteiger partial charge in [-0.3, -0.25) is 9.59 Å². The Morgan fingerprint density at radius 1 is 1.14 bits per heavy atom. The molecule has 0 aliphatic carbocycles. The molecule has 1 aliphatic heterocycles. The molecule has 1 aliphatic rings. The van der Waals surface area contributed by atoms with Gasteiger partial charge in [0.15, 0.2) is 5.78 Å². The lowest BCUT2D eigenvalue weighted by molar-refractivity contribution is -0.173. The molecule has 22 heavy (non-hydrogen) atoms. The van der Waals surface area contributed by atoms with Crippen LogP contribution in [0.15, 0.2) is 24.3 Å². The summed E-state index contributed by atoms with van der Waals surface area (Å²) in [4.78, 5) is 24.5. The molecular weight excluding hydrogens is 301 g/mol. The van der Waals surface area contributed by atoms with E-state index in [1.54, 1.807) is 17.4 Å². The van der Waals surface area contributed by atoms with Gasteiger partial charge in [0.2, 0.25) is 0 Å². The average molecular weight is 316 g/mol. The lowest BCUT2D eigenvalue weighted by Gasteiger charge is -2.28. The Morgan fingerprint density at radius 3 is 2.27 bits per heavy atom. The number of carbonyl (C=O) groups excluding carboxylic acids is 2. The van der Waals surface area contributed by atoms with E-state index in [0.717, 1.165) is 18.8 Å². The molecule has 0 unspecified atom stereocenters. The summed E-state index contributed by atoms with van der Waals surface area (Å²) in [6, 6.07) is 6.52. The number of benzene rings is 1. The fourth-order valence-electron chi connectivity index (χ4n) is 2.04. The molecule has 0 atom stereocenters. The largest absolute Gasteiger partial charge is 0.471 e. The molecule has 0 spiro atoms. The lowest BCUT2D eigenvalue weighted by Crippen LogP contribution is -2.39. The van der Waals surface area contributed by atoms with Crippen LogP contribution in [0.5, 0.6) is 0 Å². The Morgan fingerprint density at radius 2 is 1.73 bits per heavy atom. The van der Waals surface area contributed by atoms with Gasteiger partial charge in [-0.05, 0) is 24.3 Å². The van der Waals surface area contributed by atoms with Crippen molar-refractivity contribution in [2.75, 3.05) is 37.7 Å². The minimum Gasteiger partial charge on any atom is -0.378 e. The second-order valence-corrected chi connectivity index (χ2v) is 4.75. The fourth-order valence-corrected chi connectivity index (χ4v) is 2.04. The molecule has 1 aromatic rings. The topological polar surface area (TPSA) is 58.6 Å². The number of amides is 1. The van der Waals surface area contributed by atoms with Crippen molar-refractivity contribution in [1.29, 1.82) is 0 Å². The van der Waals surface area contributed by atoms with E-state index < -0.39 is 24.4 Å². The Balaban J connectivity index is 1.92. The van der Waals surface area contributed by atoms with Gasteiger partial charge in [0, 0.05) is 24.3 Å². The molecule has 5 nitrogen and oxygen atoms in total. The van der Waals surface area contributed by atoms with Gasteiger partial charge in [0.05, 0.1) is 19.8 Å². The number of ketones is 1. The summed E-state index contributed by atoms with van der Waals surface area (Å²) in [6.07, 6.45) is -4.99. The summed E-state index contributed by atoms with van der Waals surface area (Å²) in [6.45, 7) is 2.06. The van der Waals surface area contributed by atoms with Crippen molar-refractivity contribution in [3.63, 3.8) is 0 Å². The average Bonchev–Trinajstić information content (AvgIpc) is 2.52. The first-order valence-corrected chi connectivity index (χ1v) is 6.69. The quantitative estimate of drug-likeness (QED) is 0.853. The van der Waals surface area contributed by atoms with Gasteiger partial charge in [0.25, 0.3) is 0 Å². The fraction of sp³-hybridized carbons (Fsp3) is 0.429. The zero-order chi connectivity index (χ0) is 16.2. The van der Waals surface area contributed by atoms with Gasteiger partial charge in [-0.25, -0.2) is 0 Å². The molecule has 1 fully saturated rings. The zero-order valence-corrected chi connectivity index (χ0v) is 11.7. The molecule has 1 heterocycles. The first-order valence-electron chi connectivity index (χ1n) is 6.69. The maximum atomic E-state index is 12.0. The predicted octanol–water partition coefficient (Wildman–Crippen LogP) is 1.38. The van der Waals surface area contributed by atoms with Crippen molar-refractivity contribution in [2.24, 2.45) is 0 Å². The zero-order valence-electron chi connectivity index (χ0n) is 11.7. The number of ether oxygens (including phenoxy) is 1. The van der Waals surface area contributed by atoms with Gasteiger partial charge < -0.3 is 15.0 Å². The number of anilines is 1. The van der Waals surface area contributed by atoms with E-state index in [4.69, 9.17) is 4.74 Å². The van der Waals surface area contributed by atoms with Crippen LogP contribution >= 0.6 is 0 Å². The smallest absolute Gasteiger partial charge is 0.378 e. The third-order valence-electron chi connectivity index (χ3n) is 3.23. The summed E-state index contributed by atoms with van der Waals surface area (Å²) >= 11 is 0.